The van der Waals surface area contributed by atoms with Gasteiger partial charge >= 0.3 is 29.6 Å². The fourth-order valence-electron chi connectivity index (χ4n) is 3.41. The van der Waals surface area contributed by atoms with Crippen LogP contribution in [0.4, 0.5) is 0 Å². The number of carboxylic acid groups (broad SMARTS) is 1. The van der Waals surface area contributed by atoms with Crippen molar-refractivity contribution in [2.75, 3.05) is 0 Å². The number of allylic oxidation sites excluding steroid dienone is 2. The zero-order valence-corrected chi connectivity index (χ0v) is 17.7. The number of fused-ring (bicyclic) bond motifs is 1. The van der Waals surface area contributed by atoms with E-state index >= 15 is 0 Å². The molecule has 1 saturated carbocycles. The number of carbonyl (C=O) groups is 1. The molecule has 26 heavy (non-hydrogen) atoms. The predicted molar refractivity (Wildman–Crippen MR) is 89.9 cm³/mol. The average molecular weight is 387 g/mol. The first-order valence-electron chi connectivity index (χ1n) is 8.55. The molecular weight excluding hydrogens is 365 g/mol. The molecule has 4 atom stereocenters. The predicted octanol–water partition coefficient (Wildman–Crippen LogP) is -2.01. The number of epoxide rings is 1. The van der Waals surface area contributed by atoms with Gasteiger partial charge in [0.2, 0.25) is 10.0 Å². The molecule has 0 amide bonds. The molecule has 1 aromatic rings. The molecule has 6 nitrogen and oxygen atoms in total. The number of nitrogens with one attached hydrogen (secondary N) is 1. The van der Waals surface area contributed by atoms with Crippen LogP contribution in [0.15, 0.2) is 47.4 Å². The van der Waals surface area contributed by atoms with E-state index in [4.69, 9.17) is 4.74 Å². The van der Waals surface area contributed by atoms with Gasteiger partial charge in [-0.25, -0.2) is 13.1 Å². The summed E-state index contributed by atoms with van der Waals surface area (Å²) in [5.41, 5.74) is 0. The first-order chi connectivity index (χ1) is 12.0. The van der Waals surface area contributed by atoms with Gasteiger partial charge in [-0.15, -0.1) is 0 Å². The molecule has 1 heterocycles. The van der Waals surface area contributed by atoms with Gasteiger partial charge in [0.05, 0.1) is 17.1 Å². The molecule has 3 rings (SSSR count). The molecule has 0 radical (unpaired) electrons. The minimum atomic E-state index is -3.53. The monoisotopic (exact) mass is 387 g/mol. The van der Waals surface area contributed by atoms with Gasteiger partial charge in [0, 0.05) is 17.9 Å². The maximum atomic E-state index is 12.5. The van der Waals surface area contributed by atoms with Gasteiger partial charge in [0.25, 0.3) is 0 Å². The molecule has 0 spiro atoms. The molecule has 1 unspecified atom stereocenters. The summed E-state index contributed by atoms with van der Waals surface area (Å²) in [6.07, 6.45) is 6.91. The van der Waals surface area contributed by atoms with E-state index in [0.29, 0.717) is 25.7 Å². The van der Waals surface area contributed by atoms with Gasteiger partial charge in [0.1, 0.15) is 0 Å². The maximum Gasteiger partial charge on any atom is 1.00 e. The number of hydrogen-bond acceptors (Lipinski definition) is 5. The first kappa shape index (κ1) is 21.6. The van der Waals surface area contributed by atoms with Crippen molar-refractivity contribution in [3.05, 3.63) is 42.5 Å². The van der Waals surface area contributed by atoms with Crippen molar-refractivity contribution in [3.63, 3.8) is 0 Å². The van der Waals surface area contributed by atoms with Crippen LogP contribution in [0.25, 0.3) is 0 Å². The summed E-state index contributed by atoms with van der Waals surface area (Å²) in [7, 11) is -3.53. The van der Waals surface area contributed by atoms with Crippen molar-refractivity contribution in [2.24, 2.45) is 5.92 Å². The quantitative estimate of drug-likeness (QED) is 0.229. The molecular formula is C18H22NNaO5S. The molecule has 1 aliphatic carbocycles. The smallest absolute Gasteiger partial charge is 0.550 e. The number of benzene rings is 1. The topological polar surface area (TPSA) is 98.8 Å². The second-order valence-electron chi connectivity index (χ2n) is 6.55. The van der Waals surface area contributed by atoms with Gasteiger partial charge in [-0.1, -0.05) is 30.4 Å². The summed E-state index contributed by atoms with van der Waals surface area (Å²) in [5, 5.41) is 10.4. The van der Waals surface area contributed by atoms with E-state index in [1.165, 1.54) is 0 Å². The van der Waals surface area contributed by atoms with Crippen molar-refractivity contribution < 1.29 is 52.6 Å². The number of carboxylic acids is 1. The first-order valence-corrected chi connectivity index (χ1v) is 10.0. The summed E-state index contributed by atoms with van der Waals surface area (Å²) in [5.74, 6) is -0.922. The van der Waals surface area contributed by atoms with Gasteiger partial charge in [-0.2, -0.15) is 0 Å². The Bertz CT molecular complexity index is 737. The summed E-state index contributed by atoms with van der Waals surface area (Å²) >= 11 is 0. The molecule has 1 N–H and O–H groups in total. The van der Waals surface area contributed by atoms with Crippen molar-refractivity contribution in [2.45, 2.75) is 55.2 Å². The van der Waals surface area contributed by atoms with Gasteiger partial charge < -0.3 is 14.6 Å². The standard InChI is InChI=1S/C18H23NO5S.Na/c20-17(21)11-7-2-1-6-10-14-15(12-16-18(14)24-16)19-25(22,23)13-8-4-3-5-9-13;/h1,3-6,8-9,14-16,18-19H,2,7,10-12H2,(H,20,21);/q;+1/p-1/b6-1-;/t14-,15-,16+,18?;/m1./s1. The van der Waals surface area contributed by atoms with Crippen LogP contribution in [0.3, 0.4) is 0 Å². The third-order valence-corrected chi connectivity index (χ3v) is 6.24. The third kappa shape index (κ3) is 5.65. The molecule has 1 aliphatic heterocycles. The van der Waals surface area contributed by atoms with Crippen LogP contribution in [0, 0.1) is 5.92 Å². The third-order valence-electron chi connectivity index (χ3n) is 4.73. The largest absolute Gasteiger partial charge is 1.00 e. The summed E-state index contributed by atoms with van der Waals surface area (Å²) in [4.78, 5) is 10.6. The Labute approximate surface area is 176 Å². The Hall–Kier alpha value is -0.700. The molecule has 2 fully saturated rings. The van der Waals surface area contributed by atoms with E-state index in [2.05, 4.69) is 4.72 Å². The van der Waals surface area contributed by atoms with Crippen LogP contribution in [0.5, 0.6) is 0 Å². The number of rotatable bonds is 9. The Morgan fingerprint density at radius 3 is 2.69 bits per heavy atom. The van der Waals surface area contributed by atoms with Gasteiger partial charge in [0.15, 0.2) is 0 Å². The molecule has 1 saturated heterocycles. The van der Waals surface area contributed by atoms with E-state index in [1.54, 1.807) is 30.3 Å². The molecule has 0 aromatic heterocycles. The van der Waals surface area contributed by atoms with E-state index in [0.717, 1.165) is 0 Å². The minimum Gasteiger partial charge on any atom is -0.550 e. The van der Waals surface area contributed by atoms with Crippen LogP contribution < -0.4 is 39.4 Å². The Morgan fingerprint density at radius 1 is 1.27 bits per heavy atom. The molecule has 136 valence electrons. The van der Waals surface area contributed by atoms with E-state index < -0.39 is 16.0 Å². The maximum absolute atomic E-state index is 12.5. The van der Waals surface area contributed by atoms with Gasteiger partial charge in [-0.05, 0) is 44.2 Å². The van der Waals surface area contributed by atoms with Crippen LogP contribution >= 0.6 is 0 Å². The number of carbonyl (C=O) groups excluding carboxylic acids is 1. The molecule has 2 aliphatic rings. The number of unbranched alkanes of at least 4 members (excludes halogenated alkanes) is 1. The Balaban J connectivity index is 0.00000243. The molecule has 0 bridgehead atoms. The van der Waals surface area contributed by atoms with Crippen molar-refractivity contribution in [1.82, 2.24) is 4.72 Å². The van der Waals surface area contributed by atoms with E-state index in [1.807, 2.05) is 12.2 Å². The summed E-state index contributed by atoms with van der Waals surface area (Å²) < 4.78 is 33.4. The molecule has 8 heteroatoms. The number of hydrogen-bond donors (Lipinski definition) is 1. The summed E-state index contributed by atoms with van der Waals surface area (Å²) in [6, 6.07) is 8.22. The van der Waals surface area contributed by atoms with Crippen molar-refractivity contribution in [3.8, 4) is 0 Å². The van der Waals surface area contributed by atoms with Gasteiger partial charge in [-0.3, -0.25) is 0 Å². The number of aliphatic carboxylic acids is 1. The van der Waals surface area contributed by atoms with E-state index in [-0.39, 0.29) is 65.0 Å². The Kier molecular flexibility index (Phi) is 7.88. The fourth-order valence-corrected chi connectivity index (χ4v) is 4.73. The average Bonchev–Trinajstić information content (AvgIpc) is 3.25. The summed E-state index contributed by atoms with van der Waals surface area (Å²) in [6.45, 7) is 0. The zero-order chi connectivity index (χ0) is 17.9. The van der Waals surface area contributed by atoms with Crippen LogP contribution in [0.2, 0.25) is 0 Å². The minimum absolute atomic E-state index is 0. The van der Waals surface area contributed by atoms with Crippen molar-refractivity contribution in [1.29, 1.82) is 0 Å². The zero-order valence-electron chi connectivity index (χ0n) is 14.8. The van der Waals surface area contributed by atoms with E-state index in [9.17, 15) is 18.3 Å². The fraction of sp³-hybridized carbons (Fsp3) is 0.500. The van der Waals surface area contributed by atoms with Crippen molar-refractivity contribution >= 4 is 16.0 Å². The second-order valence-corrected chi connectivity index (χ2v) is 8.26. The number of sulfonamides is 1. The Morgan fingerprint density at radius 2 is 2.00 bits per heavy atom. The van der Waals surface area contributed by atoms with Crippen LogP contribution in [0.1, 0.15) is 32.1 Å². The molecule has 1 aromatic carbocycles. The SMILES string of the molecule is O=C([O-])CCC/C=C\C[C@H]1C2O[C@H]2C[C@H]1NS(=O)(=O)c1ccccc1.[Na+]. The normalized spacial score (nSPS) is 27.1. The van der Waals surface area contributed by atoms with Crippen LogP contribution in [-0.4, -0.2) is 32.6 Å². The second kappa shape index (κ2) is 9.48. The van der Waals surface area contributed by atoms with Crippen LogP contribution in [-0.2, 0) is 19.6 Å². The number of ether oxygens (including phenoxy) is 1.